The van der Waals surface area contributed by atoms with Crippen LogP contribution in [0, 0.1) is 0 Å². The van der Waals surface area contributed by atoms with Gasteiger partial charge < -0.3 is 5.11 Å². The minimum Gasteiger partial charge on any atom is -0.395 e. The van der Waals surface area contributed by atoms with Crippen LogP contribution in [-0.2, 0) is 10.0 Å². The summed E-state index contributed by atoms with van der Waals surface area (Å²) in [6.07, 6.45) is 0.615. The van der Waals surface area contributed by atoms with Crippen LogP contribution in [-0.4, -0.2) is 43.3 Å². The largest absolute Gasteiger partial charge is 0.395 e. The van der Waals surface area contributed by atoms with Gasteiger partial charge in [-0.1, -0.05) is 13.8 Å². The van der Waals surface area contributed by atoms with Gasteiger partial charge in [-0.15, -0.1) is 0 Å². The molecule has 0 aromatic rings. The summed E-state index contributed by atoms with van der Waals surface area (Å²) in [5.41, 5.74) is 0. The molecule has 0 aliphatic carbocycles. The van der Waals surface area contributed by atoms with Crippen molar-refractivity contribution in [2.75, 3.05) is 25.4 Å². The maximum Gasteiger partial charge on any atom is 0.214 e. The zero-order chi connectivity index (χ0) is 9.61. The second-order valence-corrected chi connectivity index (χ2v) is 4.62. The highest BCUT2D eigenvalue weighted by Gasteiger charge is 2.17. The van der Waals surface area contributed by atoms with E-state index in [2.05, 4.69) is 0 Å². The average Bonchev–Trinajstić information content (AvgIpc) is 1.99. The van der Waals surface area contributed by atoms with Gasteiger partial charge in [0.2, 0.25) is 10.0 Å². The smallest absolute Gasteiger partial charge is 0.214 e. The topological polar surface area (TPSA) is 57.6 Å². The number of hydrogen-bond acceptors (Lipinski definition) is 3. The fraction of sp³-hybridized carbons (Fsp3) is 1.00. The normalized spacial score (nSPS) is 12.3. The number of aliphatic hydroxyl groups is 1. The van der Waals surface area contributed by atoms with Crippen molar-refractivity contribution in [1.29, 1.82) is 0 Å². The average molecular weight is 195 g/mol. The highest BCUT2D eigenvalue weighted by Crippen LogP contribution is 2.01. The lowest BCUT2D eigenvalue weighted by Gasteiger charge is -2.18. The van der Waals surface area contributed by atoms with Gasteiger partial charge in [0, 0.05) is 13.1 Å². The molecule has 1 N–H and O–H groups in total. The van der Waals surface area contributed by atoms with Gasteiger partial charge in [0.1, 0.15) is 0 Å². The Morgan fingerprint density at radius 1 is 1.33 bits per heavy atom. The van der Waals surface area contributed by atoms with E-state index in [-0.39, 0.29) is 18.9 Å². The molecule has 0 saturated heterocycles. The zero-order valence-electron chi connectivity index (χ0n) is 7.65. The van der Waals surface area contributed by atoms with Crippen molar-refractivity contribution < 1.29 is 13.5 Å². The van der Waals surface area contributed by atoms with Gasteiger partial charge in [0.15, 0.2) is 0 Å². The van der Waals surface area contributed by atoms with Gasteiger partial charge in [0.25, 0.3) is 0 Å². The van der Waals surface area contributed by atoms with Crippen molar-refractivity contribution in [2.24, 2.45) is 0 Å². The first kappa shape index (κ1) is 11.9. The minimum atomic E-state index is -3.11. The SMILES string of the molecule is CCCS(=O)(=O)N(CC)CCO. The number of sulfonamides is 1. The van der Waals surface area contributed by atoms with E-state index in [1.807, 2.05) is 6.92 Å². The molecule has 0 aromatic carbocycles. The summed E-state index contributed by atoms with van der Waals surface area (Å²) in [5, 5.41) is 8.59. The highest BCUT2D eigenvalue weighted by atomic mass is 32.2. The zero-order valence-corrected chi connectivity index (χ0v) is 8.47. The number of nitrogens with zero attached hydrogens (tertiary/aromatic N) is 1. The van der Waals surface area contributed by atoms with E-state index in [0.717, 1.165) is 0 Å². The third-order valence-corrected chi connectivity index (χ3v) is 3.71. The molecular weight excluding hydrogens is 178 g/mol. The van der Waals surface area contributed by atoms with E-state index in [4.69, 9.17) is 5.11 Å². The van der Waals surface area contributed by atoms with E-state index in [9.17, 15) is 8.42 Å². The summed E-state index contributed by atoms with van der Waals surface area (Å²) < 4.78 is 24.0. The van der Waals surface area contributed by atoms with Crippen molar-refractivity contribution in [3.63, 3.8) is 0 Å². The summed E-state index contributed by atoms with van der Waals surface area (Å²) in [6.45, 7) is 4.12. The molecule has 0 aromatic heterocycles. The third-order valence-electron chi connectivity index (χ3n) is 1.56. The van der Waals surface area contributed by atoms with Crippen molar-refractivity contribution in [3.05, 3.63) is 0 Å². The molecule has 0 saturated carbocycles. The molecule has 5 heteroatoms. The first-order chi connectivity index (χ1) is 5.58. The molecule has 0 aliphatic heterocycles. The summed E-state index contributed by atoms with van der Waals surface area (Å²) in [6, 6.07) is 0. The Bertz CT molecular complexity index is 201. The lowest BCUT2D eigenvalue weighted by Crippen LogP contribution is -2.34. The first-order valence-electron chi connectivity index (χ1n) is 4.17. The fourth-order valence-corrected chi connectivity index (χ4v) is 2.52. The summed E-state index contributed by atoms with van der Waals surface area (Å²) in [7, 11) is -3.11. The van der Waals surface area contributed by atoms with E-state index in [0.29, 0.717) is 13.0 Å². The number of aliphatic hydroxyl groups excluding tert-OH is 1. The van der Waals surface area contributed by atoms with Crippen LogP contribution in [0.15, 0.2) is 0 Å². The van der Waals surface area contributed by atoms with Crippen molar-refractivity contribution >= 4 is 10.0 Å². The molecule has 0 aliphatic rings. The van der Waals surface area contributed by atoms with Gasteiger partial charge in [-0.25, -0.2) is 8.42 Å². The van der Waals surface area contributed by atoms with Crippen LogP contribution < -0.4 is 0 Å². The van der Waals surface area contributed by atoms with Crippen LogP contribution in [0.4, 0.5) is 0 Å². The fourth-order valence-electron chi connectivity index (χ4n) is 0.992. The molecule has 0 heterocycles. The molecule has 0 rings (SSSR count). The van der Waals surface area contributed by atoms with Crippen LogP contribution >= 0.6 is 0 Å². The number of rotatable bonds is 6. The standard InChI is InChI=1S/C7H17NO3S/c1-3-7-12(10,11)8(4-2)5-6-9/h9H,3-7H2,1-2H3. The number of hydrogen-bond donors (Lipinski definition) is 1. The highest BCUT2D eigenvalue weighted by molar-refractivity contribution is 7.89. The lowest BCUT2D eigenvalue weighted by atomic mass is 10.6. The lowest BCUT2D eigenvalue weighted by molar-refractivity contribution is 0.257. The Morgan fingerprint density at radius 2 is 1.92 bits per heavy atom. The molecule has 12 heavy (non-hydrogen) atoms. The Balaban J connectivity index is 4.27. The van der Waals surface area contributed by atoms with Crippen LogP contribution in [0.2, 0.25) is 0 Å². The minimum absolute atomic E-state index is 0.114. The maximum atomic E-state index is 11.4. The molecule has 0 spiro atoms. The second kappa shape index (κ2) is 5.50. The number of likely N-dealkylation sites (N-methyl/N-ethyl adjacent to an activating group) is 1. The third kappa shape index (κ3) is 3.51. The van der Waals surface area contributed by atoms with Crippen LogP contribution in [0.5, 0.6) is 0 Å². The maximum absolute atomic E-state index is 11.4. The van der Waals surface area contributed by atoms with E-state index in [1.54, 1.807) is 6.92 Å². The predicted octanol–water partition coefficient (Wildman–Crippen LogP) is 0.0404. The van der Waals surface area contributed by atoms with Gasteiger partial charge >= 0.3 is 0 Å². The Labute approximate surface area is 74.2 Å². The molecule has 0 atom stereocenters. The Morgan fingerprint density at radius 3 is 2.25 bits per heavy atom. The molecule has 4 nitrogen and oxygen atoms in total. The van der Waals surface area contributed by atoms with Crippen LogP contribution in [0.1, 0.15) is 20.3 Å². The van der Waals surface area contributed by atoms with Crippen LogP contribution in [0.25, 0.3) is 0 Å². The van der Waals surface area contributed by atoms with Crippen molar-refractivity contribution in [3.8, 4) is 0 Å². The Hall–Kier alpha value is -0.130. The van der Waals surface area contributed by atoms with Crippen LogP contribution in [0.3, 0.4) is 0 Å². The molecule has 0 radical (unpaired) electrons. The molecular formula is C7H17NO3S. The van der Waals surface area contributed by atoms with Crippen molar-refractivity contribution in [1.82, 2.24) is 4.31 Å². The van der Waals surface area contributed by atoms with E-state index in [1.165, 1.54) is 4.31 Å². The molecule has 0 fully saturated rings. The molecule has 74 valence electrons. The quantitative estimate of drug-likeness (QED) is 0.651. The molecule has 0 bridgehead atoms. The van der Waals surface area contributed by atoms with Gasteiger partial charge in [-0.2, -0.15) is 4.31 Å². The van der Waals surface area contributed by atoms with Gasteiger partial charge in [-0.05, 0) is 6.42 Å². The van der Waals surface area contributed by atoms with Gasteiger partial charge in [0.05, 0.1) is 12.4 Å². The summed E-state index contributed by atoms with van der Waals surface area (Å²) >= 11 is 0. The summed E-state index contributed by atoms with van der Waals surface area (Å²) in [5.74, 6) is 0.167. The summed E-state index contributed by atoms with van der Waals surface area (Å²) in [4.78, 5) is 0. The predicted molar refractivity (Wildman–Crippen MR) is 48.4 cm³/mol. The molecule has 0 amide bonds. The first-order valence-corrected chi connectivity index (χ1v) is 5.78. The van der Waals surface area contributed by atoms with E-state index >= 15 is 0 Å². The van der Waals surface area contributed by atoms with Crippen molar-refractivity contribution in [2.45, 2.75) is 20.3 Å². The Kier molecular flexibility index (Phi) is 5.44. The second-order valence-electron chi connectivity index (χ2n) is 2.53. The monoisotopic (exact) mass is 195 g/mol. The molecule has 0 unspecified atom stereocenters. The van der Waals surface area contributed by atoms with Gasteiger partial charge in [-0.3, -0.25) is 0 Å². The van der Waals surface area contributed by atoms with E-state index < -0.39 is 10.0 Å².